The summed E-state index contributed by atoms with van der Waals surface area (Å²) in [5, 5.41) is 0. The van der Waals surface area contributed by atoms with Crippen molar-refractivity contribution in [3.05, 3.63) is 54.3 Å². The van der Waals surface area contributed by atoms with E-state index in [1.54, 1.807) is 30.3 Å². The second kappa shape index (κ2) is 7.96. The highest BCUT2D eigenvalue weighted by Crippen LogP contribution is 2.45. The van der Waals surface area contributed by atoms with Crippen LogP contribution in [0.3, 0.4) is 0 Å². The maximum atomic E-state index is 14.2. The van der Waals surface area contributed by atoms with E-state index >= 15 is 0 Å². The summed E-state index contributed by atoms with van der Waals surface area (Å²) in [7, 11) is -0.182. The van der Waals surface area contributed by atoms with Gasteiger partial charge in [-0.2, -0.15) is 8.42 Å². The van der Waals surface area contributed by atoms with Crippen LogP contribution >= 0.6 is 12.4 Å². The molecule has 0 aromatic heterocycles. The van der Waals surface area contributed by atoms with E-state index in [9.17, 15) is 12.8 Å². The maximum absolute atomic E-state index is 14.2. The van der Waals surface area contributed by atoms with Crippen molar-refractivity contribution in [3.63, 3.8) is 0 Å². The van der Waals surface area contributed by atoms with Gasteiger partial charge in [0.1, 0.15) is 5.82 Å². The van der Waals surface area contributed by atoms with Gasteiger partial charge in [0.05, 0.1) is 30.2 Å². The smallest absolute Gasteiger partial charge is 0.299 e. The molecule has 5 nitrogen and oxygen atoms in total. The Balaban J connectivity index is 0.00000243. The summed E-state index contributed by atoms with van der Waals surface area (Å²) in [6.07, 6.45) is 0. The first kappa shape index (κ1) is 20.0. The third-order valence-corrected chi connectivity index (χ3v) is 5.43. The van der Waals surface area contributed by atoms with Crippen LogP contribution in [-0.2, 0) is 10.2 Å². The lowest BCUT2D eigenvalue weighted by atomic mass is 10.2. The Hall–Kier alpha value is -2.27. The number of para-hydroxylation sites is 3. The average Bonchev–Trinajstić information content (AvgIpc) is 2.79. The molecular formula is C18H19ClFN3O2S. The SMILES string of the molecule is CN(C)CC#CCN1c2ccccc2N(c2ccccc2F)S1(=O)=O.Cl. The fraction of sp³-hybridized carbons (Fsp3) is 0.222. The summed E-state index contributed by atoms with van der Waals surface area (Å²) in [6, 6.07) is 12.7. The molecule has 26 heavy (non-hydrogen) atoms. The van der Waals surface area contributed by atoms with Gasteiger partial charge in [-0.25, -0.2) is 13.0 Å². The molecule has 0 spiro atoms. The minimum absolute atomic E-state index is 0. The molecule has 1 heterocycles. The van der Waals surface area contributed by atoms with Crippen molar-refractivity contribution in [3.8, 4) is 11.8 Å². The summed E-state index contributed by atoms with van der Waals surface area (Å²) in [6.45, 7) is 0.546. The van der Waals surface area contributed by atoms with Gasteiger partial charge >= 0.3 is 10.2 Å². The number of hydrogen-bond donors (Lipinski definition) is 0. The summed E-state index contributed by atoms with van der Waals surface area (Å²) in [5.41, 5.74) is 0.908. The van der Waals surface area contributed by atoms with Crippen molar-refractivity contribution in [2.24, 2.45) is 0 Å². The summed E-state index contributed by atoms with van der Waals surface area (Å²) < 4.78 is 42.6. The Morgan fingerprint density at radius 2 is 1.54 bits per heavy atom. The Kier molecular flexibility index (Phi) is 6.13. The van der Waals surface area contributed by atoms with Crippen LogP contribution in [0.25, 0.3) is 0 Å². The van der Waals surface area contributed by atoms with Gasteiger partial charge in [-0.05, 0) is 38.4 Å². The first-order valence-corrected chi connectivity index (χ1v) is 9.09. The summed E-state index contributed by atoms with van der Waals surface area (Å²) in [4.78, 5) is 1.89. The van der Waals surface area contributed by atoms with Crippen LogP contribution in [0, 0.1) is 17.7 Å². The van der Waals surface area contributed by atoms with Crippen LogP contribution in [0.5, 0.6) is 0 Å². The number of halogens is 2. The molecule has 1 aliphatic heterocycles. The lowest BCUT2D eigenvalue weighted by molar-refractivity contribution is 0.464. The molecule has 0 saturated carbocycles. The first-order valence-electron chi connectivity index (χ1n) is 7.70. The van der Waals surface area contributed by atoms with E-state index in [1.165, 1.54) is 22.5 Å². The van der Waals surface area contributed by atoms with Gasteiger partial charge in [0, 0.05) is 0 Å². The Morgan fingerprint density at radius 3 is 2.15 bits per heavy atom. The number of hydrogen-bond acceptors (Lipinski definition) is 3. The lowest BCUT2D eigenvalue weighted by Gasteiger charge is -2.20. The minimum atomic E-state index is -3.95. The Labute approximate surface area is 159 Å². The fourth-order valence-corrected chi connectivity index (χ4v) is 4.20. The van der Waals surface area contributed by atoms with Crippen molar-refractivity contribution >= 4 is 39.7 Å². The molecule has 0 aliphatic carbocycles. The zero-order chi connectivity index (χ0) is 18.0. The van der Waals surface area contributed by atoms with E-state index in [-0.39, 0.29) is 24.6 Å². The molecular weight excluding hydrogens is 377 g/mol. The van der Waals surface area contributed by atoms with Crippen molar-refractivity contribution in [1.82, 2.24) is 4.90 Å². The zero-order valence-corrected chi connectivity index (χ0v) is 16.0. The van der Waals surface area contributed by atoms with Crippen LogP contribution in [0.15, 0.2) is 48.5 Å². The molecule has 1 aliphatic rings. The van der Waals surface area contributed by atoms with Gasteiger partial charge in [-0.3, -0.25) is 4.90 Å². The standard InChI is InChI=1S/C18H18FN3O2S.ClH/c1-20(2)13-7-8-14-21-17-11-5-6-12-18(17)22(25(21,23)24)16-10-4-3-9-15(16)19;/h3-6,9-12H,13-14H2,1-2H3;1H. The van der Waals surface area contributed by atoms with Gasteiger partial charge in [0.25, 0.3) is 0 Å². The van der Waals surface area contributed by atoms with Crippen molar-refractivity contribution in [2.75, 3.05) is 35.8 Å². The topological polar surface area (TPSA) is 43.9 Å². The molecule has 0 bridgehead atoms. The normalized spacial score (nSPS) is 14.5. The molecule has 138 valence electrons. The van der Waals surface area contributed by atoms with Crippen LogP contribution in [-0.4, -0.2) is 40.5 Å². The minimum Gasteiger partial charge on any atom is -0.299 e. The van der Waals surface area contributed by atoms with Gasteiger partial charge < -0.3 is 0 Å². The average molecular weight is 396 g/mol. The van der Waals surface area contributed by atoms with Gasteiger partial charge in [-0.15, -0.1) is 12.4 Å². The van der Waals surface area contributed by atoms with Gasteiger partial charge in [0.2, 0.25) is 0 Å². The molecule has 0 unspecified atom stereocenters. The van der Waals surface area contributed by atoms with Gasteiger partial charge in [0.15, 0.2) is 0 Å². The molecule has 0 fully saturated rings. The van der Waals surface area contributed by atoms with E-state index < -0.39 is 16.0 Å². The molecule has 2 aromatic carbocycles. The molecule has 0 atom stereocenters. The summed E-state index contributed by atoms with van der Waals surface area (Å²) in [5.74, 6) is 5.20. The monoisotopic (exact) mass is 395 g/mol. The number of benzene rings is 2. The number of fused-ring (bicyclic) bond motifs is 1. The fourth-order valence-electron chi connectivity index (χ4n) is 2.57. The van der Waals surface area contributed by atoms with E-state index in [4.69, 9.17) is 0 Å². The first-order chi connectivity index (χ1) is 11.9. The van der Waals surface area contributed by atoms with Crippen LogP contribution < -0.4 is 8.61 Å². The molecule has 0 amide bonds. The molecule has 0 N–H and O–H groups in total. The molecule has 2 aromatic rings. The second-order valence-electron chi connectivity index (χ2n) is 5.81. The number of anilines is 3. The zero-order valence-electron chi connectivity index (χ0n) is 14.4. The van der Waals surface area contributed by atoms with E-state index in [2.05, 4.69) is 11.8 Å². The highest BCUT2D eigenvalue weighted by Gasteiger charge is 2.41. The Morgan fingerprint density at radius 1 is 0.962 bits per heavy atom. The van der Waals surface area contributed by atoms with E-state index in [1.807, 2.05) is 19.0 Å². The number of rotatable bonds is 3. The molecule has 3 rings (SSSR count). The van der Waals surface area contributed by atoms with Crippen molar-refractivity contribution in [1.29, 1.82) is 0 Å². The summed E-state index contributed by atoms with van der Waals surface area (Å²) >= 11 is 0. The maximum Gasteiger partial charge on any atom is 0.331 e. The molecule has 8 heteroatoms. The number of nitrogens with zero attached hydrogens (tertiary/aromatic N) is 3. The van der Waals surface area contributed by atoms with Gasteiger partial charge in [-0.1, -0.05) is 36.1 Å². The largest absolute Gasteiger partial charge is 0.331 e. The Bertz CT molecular complexity index is 954. The van der Waals surface area contributed by atoms with E-state index in [0.29, 0.717) is 17.9 Å². The van der Waals surface area contributed by atoms with Crippen LogP contribution in [0.4, 0.5) is 21.5 Å². The predicted molar refractivity (Wildman–Crippen MR) is 105 cm³/mol. The highest BCUT2D eigenvalue weighted by atomic mass is 35.5. The van der Waals surface area contributed by atoms with Crippen molar-refractivity contribution in [2.45, 2.75) is 0 Å². The third kappa shape index (κ3) is 3.63. The predicted octanol–water partition coefficient (Wildman–Crippen LogP) is 3.02. The highest BCUT2D eigenvalue weighted by molar-refractivity contribution is 7.95. The molecule has 0 radical (unpaired) electrons. The molecule has 0 saturated heterocycles. The lowest BCUT2D eigenvalue weighted by Crippen LogP contribution is -2.36. The van der Waals surface area contributed by atoms with Crippen LogP contribution in [0.2, 0.25) is 0 Å². The van der Waals surface area contributed by atoms with Crippen molar-refractivity contribution < 1.29 is 12.8 Å². The van der Waals surface area contributed by atoms with E-state index in [0.717, 1.165) is 4.31 Å². The quantitative estimate of drug-likeness (QED) is 0.750. The van der Waals surface area contributed by atoms with Crippen LogP contribution in [0.1, 0.15) is 0 Å². The third-order valence-electron chi connectivity index (χ3n) is 3.69. The second-order valence-corrected chi connectivity index (χ2v) is 7.51.